The number of para-hydroxylation sites is 1. The first-order valence-electron chi connectivity index (χ1n) is 8.17. The third kappa shape index (κ3) is 4.15. The number of hydrazone groups is 1. The molecule has 1 heterocycles. The molecule has 5 heteroatoms. The number of halogens is 1. The molecule has 24 heavy (non-hydrogen) atoms. The lowest BCUT2D eigenvalue weighted by Crippen LogP contribution is -2.41. The van der Waals surface area contributed by atoms with Crippen molar-refractivity contribution in [3.8, 4) is 0 Å². The van der Waals surface area contributed by atoms with Crippen LogP contribution < -0.4 is 5.43 Å². The van der Waals surface area contributed by atoms with Crippen LogP contribution in [0.5, 0.6) is 0 Å². The molecular weight excluding hydrogens is 322 g/mol. The van der Waals surface area contributed by atoms with Crippen LogP contribution in [0.4, 0.5) is 5.69 Å². The van der Waals surface area contributed by atoms with Gasteiger partial charge in [0.25, 0.3) is 0 Å². The fraction of sp³-hybridized carbons (Fsp3) is 0.316. The Bertz CT molecular complexity index is 684. The zero-order chi connectivity index (χ0) is 16.8. The maximum absolute atomic E-state index is 6.19. The summed E-state index contributed by atoms with van der Waals surface area (Å²) in [6.07, 6.45) is 0. The maximum Gasteiger partial charge on any atom is 0.0753 e. The third-order valence-electron chi connectivity index (χ3n) is 4.15. The average Bonchev–Trinajstić information content (AvgIpc) is 2.63. The minimum Gasteiger partial charge on any atom is -0.379 e. The number of nitrogens with zero attached hydrogens (tertiary/aromatic N) is 2. The van der Waals surface area contributed by atoms with Crippen LogP contribution in [-0.4, -0.2) is 36.9 Å². The highest BCUT2D eigenvalue weighted by atomic mass is 35.5. The van der Waals surface area contributed by atoms with E-state index in [0.717, 1.165) is 37.7 Å². The smallest absolute Gasteiger partial charge is 0.0753 e. The number of hydrogen-bond acceptors (Lipinski definition) is 4. The first-order valence-corrected chi connectivity index (χ1v) is 8.55. The van der Waals surface area contributed by atoms with Gasteiger partial charge in [-0.15, -0.1) is 0 Å². The van der Waals surface area contributed by atoms with Gasteiger partial charge in [0.05, 0.1) is 35.7 Å². The Morgan fingerprint density at radius 1 is 1.08 bits per heavy atom. The van der Waals surface area contributed by atoms with Crippen molar-refractivity contribution >= 4 is 23.0 Å². The van der Waals surface area contributed by atoms with Crippen molar-refractivity contribution in [1.29, 1.82) is 0 Å². The SMILES string of the molecule is CC(=NNc1ccccc1Cl)C(c1ccccc1)N1CCOCC1. The van der Waals surface area contributed by atoms with Crippen molar-refractivity contribution < 1.29 is 4.74 Å². The van der Waals surface area contributed by atoms with Gasteiger partial charge in [-0.3, -0.25) is 10.3 Å². The van der Waals surface area contributed by atoms with Crippen LogP contribution in [0, 0.1) is 0 Å². The molecule has 1 aliphatic rings. The van der Waals surface area contributed by atoms with E-state index in [1.807, 2.05) is 30.3 Å². The van der Waals surface area contributed by atoms with Gasteiger partial charge in [-0.25, -0.2) is 0 Å². The highest BCUT2D eigenvalue weighted by Crippen LogP contribution is 2.25. The molecule has 1 aliphatic heterocycles. The number of hydrogen-bond donors (Lipinski definition) is 1. The van der Waals surface area contributed by atoms with E-state index in [1.165, 1.54) is 5.56 Å². The molecular formula is C19H22ClN3O. The van der Waals surface area contributed by atoms with E-state index >= 15 is 0 Å². The van der Waals surface area contributed by atoms with Crippen LogP contribution in [0.15, 0.2) is 59.7 Å². The van der Waals surface area contributed by atoms with Crippen LogP contribution in [0.2, 0.25) is 5.02 Å². The van der Waals surface area contributed by atoms with Crippen molar-refractivity contribution in [3.05, 3.63) is 65.2 Å². The van der Waals surface area contributed by atoms with E-state index in [9.17, 15) is 0 Å². The Morgan fingerprint density at radius 2 is 1.75 bits per heavy atom. The van der Waals surface area contributed by atoms with Gasteiger partial charge < -0.3 is 4.74 Å². The number of morpholine rings is 1. The Morgan fingerprint density at radius 3 is 2.46 bits per heavy atom. The van der Waals surface area contributed by atoms with Gasteiger partial charge in [0.1, 0.15) is 0 Å². The van der Waals surface area contributed by atoms with Crippen molar-refractivity contribution in [3.63, 3.8) is 0 Å². The molecule has 2 aromatic carbocycles. The molecule has 0 radical (unpaired) electrons. The zero-order valence-corrected chi connectivity index (χ0v) is 14.5. The molecule has 1 unspecified atom stereocenters. The van der Waals surface area contributed by atoms with Gasteiger partial charge in [0.15, 0.2) is 0 Å². The molecule has 126 valence electrons. The molecule has 1 saturated heterocycles. The summed E-state index contributed by atoms with van der Waals surface area (Å²) < 4.78 is 5.50. The number of anilines is 1. The fourth-order valence-corrected chi connectivity index (χ4v) is 3.13. The topological polar surface area (TPSA) is 36.9 Å². The first-order chi connectivity index (χ1) is 11.8. The highest BCUT2D eigenvalue weighted by Gasteiger charge is 2.25. The summed E-state index contributed by atoms with van der Waals surface area (Å²) in [5, 5.41) is 5.27. The van der Waals surface area contributed by atoms with Gasteiger partial charge >= 0.3 is 0 Å². The third-order valence-corrected chi connectivity index (χ3v) is 4.48. The van der Waals surface area contributed by atoms with E-state index in [2.05, 4.69) is 46.6 Å². The molecule has 0 bridgehead atoms. The number of rotatable bonds is 5. The Hall–Kier alpha value is -1.88. The average molecular weight is 344 g/mol. The van der Waals surface area contributed by atoms with Crippen molar-refractivity contribution in [2.24, 2.45) is 5.10 Å². The second-order valence-electron chi connectivity index (χ2n) is 5.81. The normalized spacial score (nSPS) is 17.5. The Labute approximate surface area is 148 Å². The zero-order valence-electron chi connectivity index (χ0n) is 13.8. The molecule has 0 amide bonds. The molecule has 3 rings (SSSR count). The lowest BCUT2D eigenvalue weighted by atomic mass is 10.0. The van der Waals surface area contributed by atoms with Crippen LogP contribution in [0.3, 0.4) is 0 Å². The number of ether oxygens (including phenoxy) is 1. The van der Waals surface area contributed by atoms with Crippen LogP contribution in [-0.2, 0) is 4.74 Å². The maximum atomic E-state index is 6.19. The second kappa shape index (κ2) is 8.29. The van der Waals surface area contributed by atoms with Crippen molar-refractivity contribution in [1.82, 2.24) is 4.90 Å². The van der Waals surface area contributed by atoms with E-state index in [-0.39, 0.29) is 6.04 Å². The quantitative estimate of drug-likeness (QED) is 0.653. The predicted molar refractivity (Wildman–Crippen MR) is 99.8 cm³/mol. The molecule has 0 aromatic heterocycles. The monoisotopic (exact) mass is 343 g/mol. The van der Waals surface area contributed by atoms with Crippen LogP contribution >= 0.6 is 11.6 Å². The molecule has 0 spiro atoms. The second-order valence-corrected chi connectivity index (χ2v) is 6.21. The molecule has 1 N–H and O–H groups in total. The number of nitrogens with one attached hydrogen (secondary N) is 1. The molecule has 2 aromatic rings. The van der Waals surface area contributed by atoms with Gasteiger partial charge in [-0.2, -0.15) is 5.10 Å². The Balaban J connectivity index is 1.84. The highest BCUT2D eigenvalue weighted by molar-refractivity contribution is 6.33. The summed E-state index contributed by atoms with van der Waals surface area (Å²) in [5.74, 6) is 0. The van der Waals surface area contributed by atoms with Crippen LogP contribution in [0.25, 0.3) is 0 Å². The lowest BCUT2D eigenvalue weighted by molar-refractivity contribution is 0.0286. The molecule has 0 saturated carbocycles. The fourth-order valence-electron chi connectivity index (χ4n) is 2.95. The summed E-state index contributed by atoms with van der Waals surface area (Å²) in [5.41, 5.74) is 6.15. The number of benzene rings is 2. The molecule has 4 nitrogen and oxygen atoms in total. The summed E-state index contributed by atoms with van der Waals surface area (Å²) in [7, 11) is 0. The largest absolute Gasteiger partial charge is 0.379 e. The molecule has 0 aliphatic carbocycles. The van der Waals surface area contributed by atoms with E-state index in [4.69, 9.17) is 16.3 Å². The van der Waals surface area contributed by atoms with Gasteiger partial charge in [-0.05, 0) is 24.6 Å². The van der Waals surface area contributed by atoms with E-state index in [1.54, 1.807) is 0 Å². The predicted octanol–water partition coefficient (Wildman–Crippen LogP) is 4.20. The Kier molecular flexibility index (Phi) is 5.86. The lowest BCUT2D eigenvalue weighted by Gasteiger charge is -2.34. The molecule has 1 atom stereocenters. The summed E-state index contributed by atoms with van der Waals surface area (Å²) in [6.45, 7) is 5.37. The van der Waals surface area contributed by atoms with Gasteiger partial charge in [0.2, 0.25) is 0 Å². The minimum absolute atomic E-state index is 0.130. The summed E-state index contributed by atoms with van der Waals surface area (Å²) >= 11 is 6.19. The standard InChI is InChI=1S/C19H22ClN3O/c1-15(21-22-18-10-6-5-9-17(18)20)19(16-7-3-2-4-8-16)23-11-13-24-14-12-23/h2-10,19,22H,11-14H2,1H3. The summed E-state index contributed by atoms with van der Waals surface area (Å²) in [6, 6.07) is 18.2. The minimum atomic E-state index is 0.130. The first kappa shape index (κ1) is 17.0. The van der Waals surface area contributed by atoms with Crippen molar-refractivity contribution in [2.75, 3.05) is 31.7 Å². The van der Waals surface area contributed by atoms with E-state index in [0.29, 0.717) is 5.02 Å². The molecule has 1 fully saturated rings. The van der Waals surface area contributed by atoms with E-state index < -0.39 is 0 Å². The summed E-state index contributed by atoms with van der Waals surface area (Å²) in [4.78, 5) is 2.41. The van der Waals surface area contributed by atoms with Crippen LogP contribution in [0.1, 0.15) is 18.5 Å². The van der Waals surface area contributed by atoms with Gasteiger partial charge in [0, 0.05) is 13.1 Å². The van der Waals surface area contributed by atoms with Gasteiger partial charge in [-0.1, -0.05) is 54.1 Å². The van der Waals surface area contributed by atoms with Crippen molar-refractivity contribution in [2.45, 2.75) is 13.0 Å².